The zero-order chi connectivity index (χ0) is 25.2. The third-order valence-electron chi connectivity index (χ3n) is 5.91. The lowest BCUT2D eigenvalue weighted by molar-refractivity contribution is 0.0944. The number of nitrogens with zero attached hydrogens (tertiary/aromatic N) is 4. The van der Waals surface area contributed by atoms with Crippen molar-refractivity contribution in [1.29, 1.82) is 0 Å². The molecule has 0 aliphatic heterocycles. The van der Waals surface area contributed by atoms with Crippen molar-refractivity contribution in [3.8, 4) is 11.3 Å². The molecule has 0 aliphatic rings. The maximum absolute atomic E-state index is 13.1. The number of rotatable bonds is 11. The number of nitrogens with one attached hydrogen (secondary N) is 1. The Hall–Kier alpha value is -4.10. The number of aliphatic hydroxyl groups excluding tert-OH is 1. The first-order valence-corrected chi connectivity index (χ1v) is 12.2. The van der Waals surface area contributed by atoms with Gasteiger partial charge in [0.05, 0.1) is 17.1 Å². The predicted octanol–water partition coefficient (Wildman–Crippen LogP) is 6.37. The maximum Gasteiger partial charge on any atom is 0.272 e. The van der Waals surface area contributed by atoms with Crippen LogP contribution in [0.1, 0.15) is 40.9 Å². The van der Waals surface area contributed by atoms with Crippen molar-refractivity contribution in [3.05, 3.63) is 102 Å². The average molecular weight is 482 g/mol. The fraction of sp³-hybridized carbons (Fsp3) is 0.241. The van der Waals surface area contributed by atoms with Crippen molar-refractivity contribution in [2.75, 3.05) is 6.61 Å². The highest BCUT2D eigenvalue weighted by atomic mass is 16.2. The number of aromatic nitrogens is 2. The van der Waals surface area contributed by atoms with Gasteiger partial charge in [0.15, 0.2) is 5.69 Å². The van der Waals surface area contributed by atoms with E-state index in [1.165, 1.54) is 0 Å². The molecule has 4 rings (SSSR count). The van der Waals surface area contributed by atoms with E-state index in [0.717, 1.165) is 53.0 Å². The highest BCUT2D eigenvalue weighted by molar-refractivity contribution is 5.95. The minimum absolute atomic E-state index is 0.189. The van der Waals surface area contributed by atoms with Gasteiger partial charge in [-0.05, 0) is 56.0 Å². The van der Waals surface area contributed by atoms with Gasteiger partial charge >= 0.3 is 0 Å². The standard InChI is InChI=1S/C29H31N5O2/c1-22-27(33-34(19-9-4-10-20-35)28(22)24-11-5-2-6-12-24)29(36)30-21-23-15-17-26(18-16-23)32-31-25-13-7-3-8-14-25/h2-3,5-8,11-18,35H,4,9-10,19-21H2,1H3,(H,30,36). The van der Waals surface area contributed by atoms with Crippen LogP contribution >= 0.6 is 0 Å². The van der Waals surface area contributed by atoms with Crippen LogP contribution in [0.3, 0.4) is 0 Å². The summed E-state index contributed by atoms with van der Waals surface area (Å²) in [6.07, 6.45) is 2.56. The first kappa shape index (κ1) is 25.0. The van der Waals surface area contributed by atoms with E-state index in [0.29, 0.717) is 18.8 Å². The van der Waals surface area contributed by atoms with E-state index < -0.39 is 0 Å². The van der Waals surface area contributed by atoms with E-state index in [1.807, 2.05) is 96.5 Å². The molecule has 1 amide bonds. The lowest BCUT2D eigenvalue weighted by Crippen LogP contribution is -2.24. The molecule has 7 nitrogen and oxygen atoms in total. The second-order valence-electron chi connectivity index (χ2n) is 8.58. The van der Waals surface area contributed by atoms with Crippen LogP contribution in [-0.4, -0.2) is 27.4 Å². The van der Waals surface area contributed by atoms with Crippen LogP contribution in [0.15, 0.2) is 95.2 Å². The molecular weight excluding hydrogens is 450 g/mol. The summed E-state index contributed by atoms with van der Waals surface area (Å²) in [7, 11) is 0. The Morgan fingerprint density at radius 1 is 0.861 bits per heavy atom. The molecule has 0 atom stereocenters. The zero-order valence-corrected chi connectivity index (χ0v) is 20.5. The van der Waals surface area contributed by atoms with Gasteiger partial charge in [-0.15, -0.1) is 0 Å². The zero-order valence-electron chi connectivity index (χ0n) is 20.5. The summed E-state index contributed by atoms with van der Waals surface area (Å²) < 4.78 is 1.92. The molecule has 184 valence electrons. The van der Waals surface area contributed by atoms with Gasteiger partial charge in [0.2, 0.25) is 0 Å². The van der Waals surface area contributed by atoms with Gasteiger partial charge in [-0.3, -0.25) is 9.48 Å². The van der Waals surface area contributed by atoms with Gasteiger partial charge in [-0.1, -0.05) is 60.7 Å². The lowest BCUT2D eigenvalue weighted by atomic mass is 10.1. The number of benzene rings is 3. The Bertz CT molecular complexity index is 1280. The van der Waals surface area contributed by atoms with E-state index in [4.69, 9.17) is 5.11 Å². The number of aliphatic hydroxyl groups is 1. The van der Waals surface area contributed by atoms with Crippen LogP contribution in [0, 0.1) is 6.92 Å². The Morgan fingerprint density at radius 3 is 2.17 bits per heavy atom. The molecule has 0 bridgehead atoms. The number of aryl methyl sites for hydroxylation is 1. The number of amides is 1. The van der Waals surface area contributed by atoms with Crippen LogP contribution in [0.2, 0.25) is 0 Å². The molecule has 4 aromatic rings. The van der Waals surface area contributed by atoms with Gasteiger partial charge < -0.3 is 10.4 Å². The van der Waals surface area contributed by atoms with Gasteiger partial charge in [0.1, 0.15) is 0 Å². The van der Waals surface area contributed by atoms with Crippen molar-refractivity contribution in [1.82, 2.24) is 15.1 Å². The summed E-state index contributed by atoms with van der Waals surface area (Å²) in [5.74, 6) is -0.202. The summed E-state index contributed by atoms with van der Waals surface area (Å²) in [6, 6.07) is 27.2. The normalized spacial score (nSPS) is 11.2. The summed E-state index contributed by atoms with van der Waals surface area (Å²) >= 11 is 0. The van der Waals surface area contributed by atoms with Crippen molar-refractivity contribution in [3.63, 3.8) is 0 Å². The largest absolute Gasteiger partial charge is 0.396 e. The minimum atomic E-state index is -0.202. The van der Waals surface area contributed by atoms with E-state index >= 15 is 0 Å². The maximum atomic E-state index is 13.1. The van der Waals surface area contributed by atoms with Crippen molar-refractivity contribution in [2.45, 2.75) is 39.3 Å². The van der Waals surface area contributed by atoms with Crippen molar-refractivity contribution < 1.29 is 9.90 Å². The molecule has 0 spiro atoms. The summed E-state index contributed by atoms with van der Waals surface area (Å²) in [5, 5.41) is 25.2. The Balaban J connectivity index is 1.43. The average Bonchev–Trinajstić information content (AvgIpc) is 3.26. The molecule has 0 saturated heterocycles. The third kappa shape index (κ3) is 6.52. The quantitative estimate of drug-likeness (QED) is 0.193. The molecule has 7 heteroatoms. The molecule has 0 radical (unpaired) electrons. The summed E-state index contributed by atoms with van der Waals surface area (Å²) in [6.45, 7) is 3.21. The molecule has 1 heterocycles. The molecular formula is C29H31N5O2. The molecule has 3 aromatic carbocycles. The molecule has 36 heavy (non-hydrogen) atoms. The predicted molar refractivity (Wildman–Crippen MR) is 142 cm³/mol. The molecule has 2 N–H and O–H groups in total. The number of carbonyl (C=O) groups is 1. The van der Waals surface area contributed by atoms with Crippen LogP contribution in [0.5, 0.6) is 0 Å². The molecule has 0 unspecified atom stereocenters. The van der Waals surface area contributed by atoms with E-state index in [-0.39, 0.29) is 12.5 Å². The number of unbranched alkanes of at least 4 members (excludes halogenated alkanes) is 2. The van der Waals surface area contributed by atoms with Crippen LogP contribution in [0.4, 0.5) is 11.4 Å². The third-order valence-corrected chi connectivity index (χ3v) is 5.91. The fourth-order valence-corrected chi connectivity index (χ4v) is 4.00. The Morgan fingerprint density at radius 2 is 1.50 bits per heavy atom. The van der Waals surface area contributed by atoms with Gasteiger partial charge in [-0.25, -0.2) is 0 Å². The second-order valence-corrected chi connectivity index (χ2v) is 8.58. The first-order valence-electron chi connectivity index (χ1n) is 12.2. The number of hydrogen-bond acceptors (Lipinski definition) is 5. The number of carbonyl (C=O) groups excluding carboxylic acids is 1. The van der Waals surface area contributed by atoms with E-state index in [9.17, 15) is 4.79 Å². The fourth-order valence-electron chi connectivity index (χ4n) is 4.00. The molecule has 0 fully saturated rings. The number of hydrogen-bond donors (Lipinski definition) is 2. The highest BCUT2D eigenvalue weighted by Gasteiger charge is 2.20. The van der Waals surface area contributed by atoms with Gasteiger partial charge in [0.25, 0.3) is 5.91 Å². The summed E-state index contributed by atoms with van der Waals surface area (Å²) in [4.78, 5) is 13.1. The summed E-state index contributed by atoms with van der Waals surface area (Å²) in [5.41, 5.74) is 5.79. The highest BCUT2D eigenvalue weighted by Crippen LogP contribution is 2.26. The van der Waals surface area contributed by atoms with Gasteiger partial charge in [-0.2, -0.15) is 15.3 Å². The van der Waals surface area contributed by atoms with Crippen molar-refractivity contribution in [2.24, 2.45) is 10.2 Å². The van der Waals surface area contributed by atoms with Crippen LogP contribution in [0.25, 0.3) is 11.3 Å². The topological polar surface area (TPSA) is 91.9 Å². The molecule has 0 saturated carbocycles. The first-order chi connectivity index (χ1) is 17.7. The second kappa shape index (κ2) is 12.6. The SMILES string of the molecule is Cc1c(C(=O)NCc2ccc(N=Nc3ccccc3)cc2)nn(CCCCCO)c1-c1ccccc1. The van der Waals surface area contributed by atoms with Gasteiger partial charge in [0, 0.05) is 30.8 Å². The Kier molecular flexibility index (Phi) is 8.72. The van der Waals surface area contributed by atoms with E-state index in [2.05, 4.69) is 20.6 Å². The molecule has 0 aliphatic carbocycles. The van der Waals surface area contributed by atoms with Crippen molar-refractivity contribution >= 4 is 17.3 Å². The lowest BCUT2D eigenvalue weighted by Gasteiger charge is -2.08. The smallest absolute Gasteiger partial charge is 0.272 e. The van der Waals surface area contributed by atoms with E-state index in [1.54, 1.807) is 0 Å². The van der Waals surface area contributed by atoms with Crippen LogP contribution in [-0.2, 0) is 13.1 Å². The Labute approximate surface area is 211 Å². The number of azo groups is 1. The monoisotopic (exact) mass is 481 g/mol. The van der Waals surface area contributed by atoms with Crippen LogP contribution < -0.4 is 5.32 Å². The minimum Gasteiger partial charge on any atom is -0.396 e. The molecule has 1 aromatic heterocycles.